The van der Waals surface area contributed by atoms with Crippen LogP contribution >= 0.6 is 0 Å². The maximum Gasteiger partial charge on any atom is 0.0880 e. The first-order valence-electron chi connectivity index (χ1n) is 5.31. The highest BCUT2D eigenvalue weighted by Crippen LogP contribution is 2.23. The van der Waals surface area contributed by atoms with Crippen LogP contribution in [0.15, 0.2) is 24.3 Å². The van der Waals surface area contributed by atoms with E-state index in [0.717, 1.165) is 16.6 Å². The molecule has 82 valence electrons. The number of hydrogen-bond donors (Lipinski definition) is 1. The summed E-state index contributed by atoms with van der Waals surface area (Å²) in [6.45, 7) is 1.82. The Morgan fingerprint density at radius 3 is 2.94 bits per heavy atom. The van der Waals surface area contributed by atoms with E-state index >= 15 is 0 Å². The van der Waals surface area contributed by atoms with E-state index in [-0.39, 0.29) is 6.04 Å². The van der Waals surface area contributed by atoms with E-state index in [1.165, 1.54) is 0 Å². The van der Waals surface area contributed by atoms with Crippen LogP contribution in [-0.4, -0.2) is 9.78 Å². The Morgan fingerprint density at radius 1 is 1.44 bits per heavy atom. The van der Waals surface area contributed by atoms with Gasteiger partial charge in [-0.3, -0.25) is 4.68 Å². The third-order valence-corrected chi connectivity index (χ3v) is 2.64. The van der Waals surface area contributed by atoms with E-state index in [4.69, 9.17) is 5.73 Å². The van der Waals surface area contributed by atoms with Gasteiger partial charge in [0.2, 0.25) is 0 Å². The minimum atomic E-state index is -0.112. The Balaban J connectivity index is 2.47. The van der Waals surface area contributed by atoms with Crippen LogP contribution in [-0.2, 0) is 7.05 Å². The highest BCUT2D eigenvalue weighted by atomic mass is 15.3. The molecule has 1 atom stereocenters. The van der Waals surface area contributed by atoms with Crippen molar-refractivity contribution in [2.45, 2.75) is 19.4 Å². The van der Waals surface area contributed by atoms with Gasteiger partial charge in [0.05, 0.1) is 17.3 Å². The summed E-state index contributed by atoms with van der Waals surface area (Å²) in [6, 6.07) is 8.00. The third-order valence-electron chi connectivity index (χ3n) is 2.64. The number of nitrogens with zero attached hydrogens (tertiary/aromatic N) is 2. The molecular formula is C13H15N3. The zero-order valence-corrected chi connectivity index (χ0v) is 9.57. The lowest BCUT2D eigenvalue weighted by Crippen LogP contribution is -2.10. The molecule has 1 heterocycles. The molecule has 3 heteroatoms. The zero-order valence-electron chi connectivity index (χ0n) is 9.57. The van der Waals surface area contributed by atoms with Crippen molar-refractivity contribution in [3.05, 3.63) is 30.0 Å². The highest BCUT2D eigenvalue weighted by molar-refractivity contribution is 5.82. The molecule has 0 saturated carbocycles. The van der Waals surface area contributed by atoms with Crippen LogP contribution in [0.25, 0.3) is 10.9 Å². The molecule has 1 aromatic carbocycles. The molecule has 2 rings (SSSR count). The normalized spacial score (nSPS) is 12.2. The van der Waals surface area contributed by atoms with Gasteiger partial charge in [0.1, 0.15) is 0 Å². The van der Waals surface area contributed by atoms with Gasteiger partial charge in [-0.25, -0.2) is 0 Å². The van der Waals surface area contributed by atoms with Crippen LogP contribution in [0.4, 0.5) is 0 Å². The Hall–Kier alpha value is -1.79. The summed E-state index contributed by atoms with van der Waals surface area (Å²) in [7, 11) is 1.93. The van der Waals surface area contributed by atoms with E-state index in [9.17, 15) is 0 Å². The SMILES string of the molecule is CC#CCC(N)c1nn(C)c2ccccc12. The Bertz CT molecular complexity index is 557. The largest absolute Gasteiger partial charge is 0.322 e. The molecule has 0 fully saturated rings. The van der Waals surface area contributed by atoms with Gasteiger partial charge < -0.3 is 5.73 Å². The molecule has 2 N–H and O–H groups in total. The monoisotopic (exact) mass is 213 g/mol. The second-order valence-electron chi connectivity index (χ2n) is 3.76. The van der Waals surface area contributed by atoms with Gasteiger partial charge in [-0.05, 0) is 13.0 Å². The number of para-hydroxylation sites is 1. The number of fused-ring (bicyclic) bond motifs is 1. The van der Waals surface area contributed by atoms with E-state index < -0.39 is 0 Å². The zero-order chi connectivity index (χ0) is 11.5. The van der Waals surface area contributed by atoms with Crippen LogP contribution in [0.2, 0.25) is 0 Å². The van der Waals surface area contributed by atoms with Crippen LogP contribution in [0.3, 0.4) is 0 Å². The predicted octanol–water partition coefficient (Wildman–Crippen LogP) is 1.99. The first-order valence-corrected chi connectivity index (χ1v) is 5.31. The number of nitrogens with two attached hydrogens (primary N) is 1. The molecule has 1 aromatic heterocycles. The van der Waals surface area contributed by atoms with Crippen LogP contribution in [0.1, 0.15) is 25.1 Å². The number of benzene rings is 1. The topological polar surface area (TPSA) is 43.8 Å². The van der Waals surface area contributed by atoms with Gasteiger partial charge in [0, 0.05) is 18.9 Å². The van der Waals surface area contributed by atoms with Crippen molar-refractivity contribution in [1.82, 2.24) is 9.78 Å². The quantitative estimate of drug-likeness (QED) is 0.775. The molecule has 1 unspecified atom stereocenters. The van der Waals surface area contributed by atoms with Gasteiger partial charge in [0.25, 0.3) is 0 Å². The summed E-state index contributed by atoms with van der Waals surface area (Å²) < 4.78 is 1.86. The lowest BCUT2D eigenvalue weighted by atomic mass is 10.1. The molecule has 16 heavy (non-hydrogen) atoms. The minimum absolute atomic E-state index is 0.112. The van der Waals surface area contributed by atoms with Crippen molar-refractivity contribution in [2.75, 3.05) is 0 Å². The van der Waals surface area contributed by atoms with Crippen LogP contribution in [0.5, 0.6) is 0 Å². The van der Waals surface area contributed by atoms with E-state index in [2.05, 4.69) is 23.0 Å². The Morgan fingerprint density at radius 2 is 2.19 bits per heavy atom. The summed E-state index contributed by atoms with van der Waals surface area (Å²) in [6.07, 6.45) is 0.650. The Labute approximate surface area is 95.2 Å². The first kappa shape index (κ1) is 10.7. The van der Waals surface area contributed by atoms with Crippen LogP contribution in [0, 0.1) is 11.8 Å². The fourth-order valence-corrected chi connectivity index (χ4v) is 1.82. The molecule has 0 aliphatic heterocycles. The second-order valence-corrected chi connectivity index (χ2v) is 3.76. The lowest BCUT2D eigenvalue weighted by molar-refractivity contribution is 0.683. The molecule has 0 aliphatic rings. The second kappa shape index (κ2) is 4.38. The minimum Gasteiger partial charge on any atom is -0.322 e. The van der Waals surface area contributed by atoms with Crippen molar-refractivity contribution < 1.29 is 0 Å². The highest BCUT2D eigenvalue weighted by Gasteiger charge is 2.13. The van der Waals surface area contributed by atoms with Crippen molar-refractivity contribution in [1.29, 1.82) is 0 Å². The molecule has 0 bridgehead atoms. The maximum absolute atomic E-state index is 6.08. The average Bonchev–Trinajstić information content (AvgIpc) is 2.65. The lowest BCUT2D eigenvalue weighted by Gasteiger charge is -2.04. The molecule has 0 spiro atoms. The number of aromatic nitrogens is 2. The first-order chi connectivity index (χ1) is 7.74. The molecule has 0 radical (unpaired) electrons. The van der Waals surface area contributed by atoms with Gasteiger partial charge in [-0.2, -0.15) is 5.10 Å². The van der Waals surface area contributed by atoms with Gasteiger partial charge in [0.15, 0.2) is 0 Å². The average molecular weight is 213 g/mol. The molecule has 2 aromatic rings. The van der Waals surface area contributed by atoms with Crippen molar-refractivity contribution in [3.8, 4) is 11.8 Å². The molecule has 0 aliphatic carbocycles. The standard InChI is InChI=1S/C13H15N3/c1-3-4-8-11(14)13-10-7-5-6-9-12(10)16(2)15-13/h5-7,9,11H,8,14H2,1-2H3. The summed E-state index contributed by atoms with van der Waals surface area (Å²) >= 11 is 0. The molecule has 0 saturated heterocycles. The van der Waals surface area contributed by atoms with Crippen molar-refractivity contribution in [3.63, 3.8) is 0 Å². The maximum atomic E-state index is 6.08. The summed E-state index contributed by atoms with van der Waals surface area (Å²) in [5.74, 6) is 5.85. The molecule has 3 nitrogen and oxygen atoms in total. The number of aryl methyl sites for hydroxylation is 1. The van der Waals surface area contributed by atoms with E-state index in [1.54, 1.807) is 0 Å². The summed E-state index contributed by atoms with van der Waals surface area (Å²) in [5, 5.41) is 5.59. The van der Waals surface area contributed by atoms with E-state index in [1.807, 2.05) is 36.9 Å². The van der Waals surface area contributed by atoms with Crippen LogP contribution < -0.4 is 5.73 Å². The fraction of sp³-hybridized carbons (Fsp3) is 0.308. The smallest absolute Gasteiger partial charge is 0.0880 e. The fourth-order valence-electron chi connectivity index (χ4n) is 1.82. The van der Waals surface area contributed by atoms with Gasteiger partial charge in [-0.15, -0.1) is 11.8 Å². The van der Waals surface area contributed by atoms with E-state index in [0.29, 0.717) is 6.42 Å². The number of rotatable bonds is 2. The molecular weight excluding hydrogens is 198 g/mol. The van der Waals surface area contributed by atoms with Crippen molar-refractivity contribution in [2.24, 2.45) is 12.8 Å². The third kappa shape index (κ3) is 1.80. The molecule has 0 amide bonds. The predicted molar refractivity (Wildman–Crippen MR) is 65.7 cm³/mol. The van der Waals surface area contributed by atoms with Gasteiger partial charge >= 0.3 is 0 Å². The Kier molecular flexibility index (Phi) is 2.93. The summed E-state index contributed by atoms with van der Waals surface area (Å²) in [5.41, 5.74) is 8.12. The van der Waals surface area contributed by atoms with Crippen molar-refractivity contribution >= 4 is 10.9 Å². The van der Waals surface area contributed by atoms with Gasteiger partial charge in [-0.1, -0.05) is 18.2 Å². The summed E-state index contributed by atoms with van der Waals surface area (Å²) in [4.78, 5) is 0. The number of hydrogen-bond acceptors (Lipinski definition) is 2.